The van der Waals surface area contributed by atoms with Crippen molar-refractivity contribution in [3.8, 4) is 0 Å². The van der Waals surface area contributed by atoms with Crippen LogP contribution in [0.4, 0.5) is 0 Å². The first kappa shape index (κ1) is 16.2. The first-order valence-electron chi connectivity index (χ1n) is 5.97. The third-order valence-electron chi connectivity index (χ3n) is 2.71. The largest absolute Gasteiger partial charge is 0.352 e. The van der Waals surface area contributed by atoms with E-state index in [2.05, 4.69) is 21.2 Å². The van der Waals surface area contributed by atoms with Crippen LogP contribution in [0.15, 0.2) is 45.1 Å². The van der Waals surface area contributed by atoms with Crippen molar-refractivity contribution in [1.29, 1.82) is 0 Å². The highest BCUT2D eigenvalue weighted by molar-refractivity contribution is 9.11. The van der Waals surface area contributed by atoms with Crippen molar-refractivity contribution < 1.29 is 13.2 Å². The molecule has 2 aromatic rings. The van der Waals surface area contributed by atoms with Gasteiger partial charge in [0.15, 0.2) is 0 Å². The van der Waals surface area contributed by atoms with Gasteiger partial charge < -0.3 is 5.32 Å². The van der Waals surface area contributed by atoms with Gasteiger partial charge in [0.1, 0.15) is 0 Å². The summed E-state index contributed by atoms with van der Waals surface area (Å²) < 4.78 is 23.2. The summed E-state index contributed by atoms with van der Waals surface area (Å²) in [4.78, 5) is 12.8. The van der Waals surface area contributed by atoms with Crippen molar-refractivity contribution in [3.63, 3.8) is 0 Å². The first-order chi connectivity index (χ1) is 9.84. The van der Waals surface area contributed by atoms with Gasteiger partial charge >= 0.3 is 0 Å². The summed E-state index contributed by atoms with van der Waals surface area (Å²) in [5.41, 5.74) is 0.808. The molecular formula is C13H13BrN2O3S2. The lowest BCUT2D eigenvalue weighted by atomic mass is 10.2. The molecular weight excluding hydrogens is 376 g/mol. The molecule has 0 unspecified atom stereocenters. The van der Waals surface area contributed by atoms with Crippen molar-refractivity contribution in [2.45, 2.75) is 17.9 Å². The highest BCUT2D eigenvalue weighted by Crippen LogP contribution is 2.22. The van der Waals surface area contributed by atoms with Gasteiger partial charge in [-0.3, -0.25) is 4.79 Å². The maximum atomic E-state index is 11.8. The lowest BCUT2D eigenvalue weighted by Gasteiger charge is -2.05. The molecule has 0 spiro atoms. The maximum Gasteiger partial charge on any atom is 0.238 e. The normalized spacial score (nSPS) is 11.3. The van der Waals surface area contributed by atoms with Crippen LogP contribution in [0.5, 0.6) is 0 Å². The van der Waals surface area contributed by atoms with E-state index in [-0.39, 0.29) is 10.8 Å². The maximum absolute atomic E-state index is 11.8. The van der Waals surface area contributed by atoms with Crippen LogP contribution < -0.4 is 10.5 Å². The zero-order chi connectivity index (χ0) is 15.5. The summed E-state index contributed by atoms with van der Waals surface area (Å²) in [5, 5.41) is 7.80. The Morgan fingerprint density at radius 3 is 2.38 bits per heavy atom. The van der Waals surface area contributed by atoms with Crippen molar-refractivity contribution in [3.05, 3.63) is 50.6 Å². The molecule has 1 amide bonds. The molecule has 5 nitrogen and oxygen atoms in total. The van der Waals surface area contributed by atoms with Crippen LogP contribution in [0.2, 0.25) is 0 Å². The highest BCUT2D eigenvalue weighted by Gasteiger charge is 2.08. The van der Waals surface area contributed by atoms with Gasteiger partial charge in [-0.1, -0.05) is 12.1 Å². The molecule has 0 aliphatic heterocycles. The van der Waals surface area contributed by atoms with Gasteiger partial charge in [0.2, 0.25) is 15.9 Å². The minimum Gasteiger partial charge on any atom is -0.352 e. The molecule has 0 radical (unpaired) electrons. The number of hydrogen-bond donors (Lipinski definition) is 2. The second-order valence-electron chi connectivity index (χ2n) is 4.35. The van der Waals surface area contributed by atoms with Crippen LogP contribution in [0.1, 0.15) is 10.4 Å². The first-order valence-corrected chi connectivity index (χ1v) is 9.13. The third-order valence-corrected chi connectivity index (χ3v) is 5.26. The van der Waals surface area contributed by atoms with Crippen LogP contribution >= 0.6 is 27.3 Å². The number of rotatable bonds is 5. The third kappa shape index (κ3) is 4.92. The number of thiophene rings is 1. The molecule has 21 heavy (non-hydrogen) atoms. The summed E-state index contributed by atoms with van der Waals surface area (Å²) in [6.07, 6.45) is 0.325. The minimum absolute atomic E-state index is 0.0565. The molecule has 0 saturated heterocycles. The number of nitrogens with two attached hydrogens (primary N) is 1. The van der Waals surface area contributed by atoms with Gasteiger partial charge in [0.05, 0.1) is 15.1 Å². The molecule has 0 bridgehead atoms. The fourth-order valence-electron chi connectivity index (χ4n) is 1.67. The van der Waals surface area contributed by atoms with Crippen LogP contribution in [0.25, 0.3) is 0 Å². The van der Waals surface area contributed by atoms with E-state index >= 15 is 0 Å². The van der Waals surface area contributed by atoms with Crippen LogP contribution in [0.3, 0.4) is 0 Å². The summed E-state index contributed by atoms with van der Waals surface area (Å²) in [6, 6.07) is 9.90. The molecule has 0 saturated carbocycles. The number of halogens is 1. The summed E-state index contributed by atoms with van der Waals surface area (Å²) in [6.45, 7) is 0.344. The van der Waals surface area contributed by atoms with Gasteiger partial charge in [-0.15, -0.1) is 11.3 Å². The summed E-state index contributed by atoms with van der Waals surface area (Å²) in [7, 11) is -3.68. The Kier molecular flexibility index (Phi) is 5.15. The van der Waals surface area contributed by atoms with Crippen LogP contribution in [0, 0.1) is 0 Å². The summed E-state index contributed by atoms with van der Waals surface area (Å²) >= 11 is 4.87. The fourth-order valence-corrected chi connectivity index (χ4v) is 3.66. The van der Waals surface area contributed by atoms with E-state index in [0.29, 0.717) is 13.0 Å². The smallest absolute Gasteiger partial charge is 0.238 e. The zero-order valence-corrected chi connectivity index (χ0v) is 14.1. The standard InChI is InChI=1S/C13H13BrN2O3S2/c14-12-6-3-10(20-12)7-13(17)16-8-9-1-4-11(5-2-9)21(15,18)19/h1-6H,7-8H2,(H,16,17)(H2,15,18,19). The molecule has 2 rings (SSSR count). The van der Waals surface area contributed by atoms with Gasteiger partial charge in [-0.25, -0.2) is 13.6 Å². The number of carbonyl (C=O) groups is 1. The molecule has 1 aromatic carbocycles. The van der Waals surface area contributed by atoms with Crippen LogP contribution in [-0.4, -0.2) is 14.3 Å². The molecule has 8 heteroatoms. The average molecular weight is 389 g/mol. The lowest BCUT2D eigenvalue weighted by Crippen LogP contribution is -2.24. The Balaban J connectivity index is 1.89. The van der Waals surface area contributed by atoms with E-state index in [1.165, 1.54) is 23.5 Å². The van der Waals surface area contributed by atoms with Crippen molar-refractivity contribution in [2.24, 2.45) is 5.14 Å². The number of nitrogens with one attached hydrogen (secondary N) is 1. The van der Waals surface area contributed by atoms with Crippen molar-refractivity contribution in [1.82, 2.24) is 5.32 Å². The molecule has 1 aromatic heterocycles. The number of hydrogen-bond acceptors (Lipinski definition) is 4. The van der Waals surface area contributed by atoms with E-state index in [1.807, 2.05) is 12.1 Å². The van der Waals surface area contributed by atoms with E-state index in [0.717, 1.165) is 14.2 Å². The Morgan fingerprint density at radius 2 is 1.86 bits per heavy atom. The van der Waals surface area contributed by atoms with E-state index in [4.69, 9.17) is 5.14 Å². The molecule has 0 fully saturated rings. The zero-order valence-electron chi connectivity index (χ0n) is 10.9. The Hall–Kier alpha value is -1.22. The monoisotopic (exact) mass is 388 g/mol. The second-order valence-corrected chi connectivity index (χ2v) is 8.46. The quantitative estimate of drug-likeness (QED) is 0.820. The van der Waals surface area contributed by atoms with Gasteiger partial charge in [-0.05, 0) is 45.8 Å². The predicted molar refractivity (Wildman–Crippen MR) is 85.4 cm³/mol. The second kappa shape index (κ2) is 6.69. The Labute approximate surface area is 135 Å². The van der Waals surface area contributed by atoms with E-state index < -0.39 is 10.0 Å². The Bertz CT molecular complexity index is 739. The minimum atomic E-state index is -3.68. The molecule has 112 valence electrons. The van der Waals surface area contributed by atoms with Crippen molar-refractivity contribution in [2.75, 3.05) is 0 Å². The molecule has 3 N–H and O–H groups in total. The van der Waals surface area contributed by atoms with Crippen LogP contribution in [-0.2, 0) is 27.8 Å². The molecule has 0 aliphatic carbocycles. The van der Waals surface area contributed by atoms with Gasteiger partial charge in [0.25, 0.3) is 0 Å². The number of carbonyl (C=O) groups excluding carboxylic acids is 1. The number of sulfonamides is 1. The number of benzene rings is 1. The van der Waals surface area contributed by atoms with Crippen molar-refractivity contribution >= 4 is 43.2 Å². The molecule has 0 aliphatic rings. The summed E-state index contributed by atoms with van der Waals surface area (Å²) in [5.74, 6) is -0.0835. The van der Waals surface area contributed by atoms with Gasteiger partial charge in [0, 0.05) is 11.4 Å². The molecule has 0 atom stereocenters. The topological polar surface area (TPSA) is 89.3 Å². The predicted octanol–water partition coefficient (Wildman–Crippen LogP) is 2.02. The lowest BCUT2D eigenvalue weighted by molar-refractivity contribution is -0.120. The Morgan fingerprint density at radius 1 is 1.19 bits per heavy atom. The fraction of sp³-hybridized carbons (Fsp3) is 0.154. The average Bonchev–Trinajstić information content (AvgIpc) is 2.81. The van der Waals surface area contributed by atoms with Gasteiger partial charge in [-0.2, -0.15) is 0 Å². The molecule has 1 heterocycles. The van der Waals surface area contributed by atoms with E-state index in [1.54, 1.807) is 12.1 Å². The van der Waals surface area contributed by atoms with E-state index in [9.17, 15) is 13.2 Å². The number of primary sulfonamides is 1. The highest BCUT2D eigenvalue weighted by atomic mass is 79.9. The SMILES string of the molecule is NS(=O)(=O)c1ccc(CNC(=O)Cc2ccc(Br)s2)cc1. The number of amides is 1.